The topological polar surface area (TPSA) is 51.5 Å². The van der Waals surface area contributed by atoms with Crippen LogP contribution in [0.15, 0.2) is 36.4 Å². The molecule has 26 heavy (non-hydrogen) atoms. The van der Waals surface area contributed by atoms with E-state index in [1.54, 1.807) is 24.3 Å². The molecule has 0 spiro atoms. The van der Waals surface area contributed by atoms with Gasteiger partial charge in [0.05, 0.1) is 5.56 Å². The highest BCUT2D eigenvalue weighted by atomic mass is 16.5. The summed E-state index contributed by atoms with van der Waals surface area (Å²) >= 11 is 0. The SMILES string of the molecule is CCN1COc2ccc3c(c2C1)c1c(n3C)C(=O)c2ccccc2C1=O. The smallest absolute Gasteiger partial charge is 0.210 e. The summed E-state index contributed by atoms with van der Waals surface area (Å²) < 4.78 is 7.74. The Morgan fingerprint density at radius 1 is 1.04 bits per heavy atom. The second-order valence-corrected chi connectivity index (χ2v) is 6.84. The fraction of sp³-hybridized carbons (Fsp3) is 0.238. The van der Waals surface area contributed by atoms with Gasteiger partial charge in [-0.05, 0) is 18.7 Å². The van der Waals surface area contributed by atoms with E-state index in [0.29, 0.717) is 35.7 Å². The largest absolute Gasteiger partial charge is 0.478 e. The molecule has 2 heterocycles. The van der Waals surface area contributed by atoms with Crippen molar-refractivity contribution in [1.29, 1.82) is 0 Å². The van der Waals surface area contributed by atoms with Crippen molar-refractivity contribution < 1.29 is 14.3 Å². The van der Waals surface area contributed by atoms with Gasteiger partial charge in [0.2, 0.25) is 5.78 Å². The summed E-state index contributed by atoms with van der Waals surface area (Å²) in [7, 11) is 1.86. The summed E-state index contributed by atoms with van der Waals surface area (Å²) in [5, 5.41) is 0.853. The fourth-order valence-electron chi connectivity index (χ4n) is 4.14. The van der Waals surface area contributed by atoms with Crippen LogP contribution in [0.3, 0.4) is 0 Å². The number of nitrogens with zero attached hydrogens (tertiary/aromatic N) is 2. The van der Waals surface area contributed by atoms with Crippen molar-refractivity contribution in [1.82, 2.24) is 9.47 Å². The Morgan fingerprint density at radius 3 is 2.50 bits per heavy atom. The number of hydrogen-bond donors (Lipinski definition) is 0. The van der Waals surface area contributed by atoms with Crippen LogP contribution in [0.2, 0.25) is 0 Å². The predicted octanol–water partition coefficient (Wildman–Crippen LogP) is 3.13. The van der Waals surface area contributed by atoms with Gasteiger partial charge in [-0.25, -0.2) is 0 Å². The normalized spacial score (nSPS) is 16.2. The second kappa shape index (κ2) is 5.29. The third-order valence-electron chi connectivity index (χ3n) is 5.52. The van der Waals surface area contributed by atoms with Gasteiger partial charge in [-0.15, -0.1) is 0 Å². The highest BCUT2D eigenvalue weighted by Gasteiger charge is 2.36. The van der Waals surface area contributed by atoms with Gasteiger partial charge in [0.15, 0.2) is 5.78 Å². The number of carbonyl (C=O) groups excluding carboxylic acids is 2. The van der Waals surface area contributed by atoms with Crippen molar-refractivity contribution in [2.24, 2.45) is 7.05 Å². The van der Waals surface area contributed by atoms with Gasteiger partial charge in [0, 0.05) is 41.2 Å². The maximum atomic E-state index is 13.3. The van der Waals surface area contributed by atoms with Crippen LogP contribution in [0.1, 0.15) is 44.5 Å². The van der Waals surface area contributed by atoms with Crippen LogP contribution in [0, 0.1) is 0 Å². The zero-order chi connectivity index (χ0) is 18.0. The molecule has 0 saturated carbocycles. The molecule has 0 amide bonds. The Hall–Kier alpha value is -2.92. The molecule has 2 aliphatic rings. The van der Waals surface area contributed by atoms with Gasteiger partial charge < -0.3 is 9.30 Å². The van der Waals surface area contributed by atoms with E-state index in [1.807, 2.05) is 23.7 Å². The molecule has 5 rings (SSSR count). The average molecular weight is 346 g/mol. The monoisotopic (exact) mass is 346 g/mol. The minimum Gasteiger partial charge on any atom is -0.478 e. The lowest BCUT2D eigenvalue weighted by Crippen LogP contribution is -2.32. The zero-order valence-corrected chi connectivity index (χ0v) is 14.7. The van der Waals surface area contributed by atoms with Gasteiger partial charge >= 0.3 is 0 Å². The molecule has 0 atom stereocenters. The van der Waals surface area contributed by atoms with Crippen molar-refractivity contribution in [3.63, 3.8) is 0 Å². The summed E-state index contributed by atoms with van der Waals surface area (Å²) in [5.41, 5.74) is 3.85. The van der Waals surface area contributed by atoms with Crippen molar-refractivity contribution in [2.45, 2.75) is 13.5 Å². The van der Waals surface area contributed by atoms with E-state index in [4.69, 9.17) is 4.74 Å². The molecular weight excluding hydrogens is 328 g/mol. The minimum atomic E-state index is -0.0910. The Labute approximate surface area is 150 Å². The molecule has 5 heteroatoms. The molecule has 3 aromatic rings. The second-order valence-electron chi connectivity index (χ2n) is 6.84. The third kappa shape index (κ3) is 1.83. The highest BCUT2D eigenvalue weighted by molar-refractivity contribution is 6.32. The molecular formula is C21H18N2O3. The average Bonchev–Trinajstić information content (AvgIpc) is 2.99. The summed E-state index contributed by atoms with van der Waals surface area (Å²) in [6.45, 7) is 4.20. The lowest BCUT2D eigenvalue weighted by Gasteiger charge is -2.28. The molecule has 1 aromatic heterocycles. The number of fused-ring (bicyclic) bond motifs is 6. The van der Waals surface area contributed by atoms with Crippen molar-refractivity contribution >= 4 is 22.5 Å². The maximum Gasteiger partial charge on any atom is 0.210 e. The quantitative estimate of drug-likeness (QED) is 0.531. The Balaban J connectivity index is 1.86. The van der Waals surface area contributed by atoms with Crippen LogP contribution >= 0.6 is 0 Å². The molecule has 1 aliphatic heterocycles. The van der Waals surface area contributed by atoms with Gasteiger partial charge in [-0.3, -0.25) is 14.5 Å². The van der Waals surface area contributed by atoms with Crippen LogP contribution < -0.4 is 4.74 Å². The van der Waals surface area contributed by atoms with Gasteiger partial charge in [0.1, 0.15) is 18.2 Å². The van der Waals surface area contributed by atoms with Crippen molar-refractivity contribution in [2.75, 3.05) is 13.3 Å². The molecule has 130 valence electrons. The van der Waals surface area contributed by atoms with Crippen molar-refractivity contribution in [3.05, 3.63) is 64.3 Å². The number of hydrogen-bond acceptors (Lipinski definition) is 4. The van der Waals surface area contributed by atoms with Gasteiger partial charge in [-0.1, -0.05) is 31.2 Å². The van der Waals surface area contributed by atoms with Crippen LogP contribution in [-0.2, 0) is 13.6 Å². The van der Waals surface area contributed by atoms with Crippen LogP contribution in [0.4, 0.5) is 0 Å². The minimum absolute atomic E-state index is 0.0807. The first-order chi connectivity index (χ1) is 12.6. The van der Waals surface area contributed by atoms with Crippen molar-refractivity contribution in [3.8, 4) is 5.75 Å². The number of benzene rings is 2. The number of ether oxygens (including phenoxy) is 1. The number of ketones is 2. The van der Waals surface area contributed by atoms with Crippen LogP contribution in [-0.4, -0.2) is 34.3 Å². The van der Waals surface area contributed by atoms with E-state index in [1.165, 1.54) is 0 Å². The summed E-state index contributed by atoms with van der Waals surface area (Å²) in [5.74, 6) is 0.629. The first-order valence-electron chi connectivity index (χ1n) is 8.79. The fourth-order valence-corrected chi connectivity index (χ4v) is 4.14. The molecule has 0 bridgehead atoms. The standard InChI is InChI=1S/C21H18N2O3/c1-3-23-10-14-16(26-11-23)9-8-15-17(14)18-19(22(15)2)21(25)13-7-5-4-6-12(13)20(18)24/h4-9H,3,10-11H2,1-2H3. The lowest BCUT2D eigenvalue weighted by molar-refractivity contribution is 0.0973. The summed E-state index contributed by atoms with van der Waals surface area (Å²) in [6, 6.07) is 11.0. The van der Waals surface area contributed by atoms with E-state index in [2.05, 4.69) is 11.8 Å². The first kappa shape index (κ1) is 15.3. The molecule has 0 radical (unpaired) electrons. The number of aromatic nitrogens is 1. The molecule has 0 N–H and O–H groups in total. The Morgan fingerprint density at radius 2 is 1.77 bits per heavy atom. The number of aryl methyl sites for hydroxylation is 1. The molecule has 0 unspecified atom stereocenters. The summed E-state index contributed by atoms with van der Waals surface area (Å²) in [4.78, 5) is 28.6. The van der Waals surface area contributed by atoms with E-state index < -0.39 is 0 Å². The van der Waals surface area contributed by atoms with E-state index in [9.17, 15) is 9.59 Å². The molecule has 2 aromatic carbocycles. The van der Waals surface area contributed by atoms with Crippen LogP contribution in [0.5, 0.6) is 5.75 Å². The molecule has 0 fully saturated rings. The summed E-state index contributed by atoms with van der Waals surface area (Å²) in [6.07, 6.45) is 0. The van der Waals surface area contributed by atoms with E-state index >= 15 is 0 Å². The molecule has 5 nitrogen and oxygen atoms in total. The Bertz CT molecular complexity index is 1110. The van der Waals surface area contributed by atoms with Crippen LogP contribution in [0.25, 0.3) is 10.9 Å². The Kier molecular flexibility index (Phi) is 3.12. The van der Waals surface area contributed by atoms with E-state index in [-0.39, 0.29) is 11.6 Å². The molecule has 1 aliphatic carbocycles. The zero-order valence-electron chi connectivity index (χ0n) is 14.7. The predicted molar refractivity (Wildman–Crippen MR) is 97.8 cm³/mol. The lowest BCUT2D eigenvalue weighted by atomic mass is 9.86. The highest BCUT2D eigenvalue weighted by Crippen LogP contribution is 2.40. The number of carbonyl (C=O) groups is 2. The van der Waals surface area contributed by atoms with Gasteiger partial charge in [0.25, 0.3) is 0 Å². The molecule has 0 saturated heterocycles. The maximum absolute atomic E-state index is 13.3. The van der Waals surface area contributed by atoms with Gasteiger partial charge in [-0.2, -0.15) is 0 Å². The van der Waals surface area contributed by atoms with E-state index in [0.717, 1.165) is 28.8 Å². The number of rotatable bonds is 1. The third-order valence-corrected chi connectivity index (χ3v) is 5.52. The first-order valence-corrected chi connectivity index (χ1v) is 8.79.